The van der Waals surface area contributed by atoms with E-state index in [9.17, 15) is 13.2 Å². The monoisotopic (exact) mass is 257 g/mol. The molecule has 1 heterocycles. The first-order chi connectivity index (χ1) is 8.49. The molecule has 98 valence electrons. The van der Waals surface area contributed by atoms with Gasteiger partial charge in [-0.3, -0.25) is 0 Å². The molecular weight excluding hydrogens is 243 g/mol. The third-order valence-corrected chi connectivity index (χ3v) is 2.88. The average Bonchev–Trinajstić information content (AvgIpc) is 2.70. The van der Waals surface area contributed by atoms with Gasteiger partial charge in [0.25, 0.3) is 0 Å². The zero-order chi connectivity index (χ0) is 13.2. The molecule has 0 radical (unpaired) electrons. The van der Waals surface area contributed by atoms with Crippen molar-refractivity contribution in [2.24, 2.45) is 0 Å². The van der Waals surface area contributed by atoms with Crippen LogP contribution in [-0.2, 0) is 13.2 Å². The van der Waals surface area contributed by atoms with Crippen LogP contribution in [0.15, 0.2) is 30.5 Å². The van der Waals surface area contributed by atoms with Gasteiger partial charge in [-0.15, -0.1) is 0 Å². The normalized spacial score (nSPS) is 12.2. The SMILES string of the molecule is OCc1ccc2c(ccn2CCCC(F)(F)F)c1. The molecule has 0 saturated heterocycles. The average molecular weight is 257 g/mol. The fourth-order valence-corrected chi connectivity index (χ4v) is 1.99. The van der Waals surface area contributed by atoms with E-state index in [0.717, 1.165) is 16.5 Å². The lowest BCUT2D eigenvalue weighted by Gasteiger charge is -2.08. The summed E-state index contributed by atoms with van der Waals surface area (Å²) in [5, 5.41) is 9.94. The van der Waals surface area contributed by atoms with Crippen molar-refractivity contribution in [3.05, 3.63) is 36.0 Å². The lowest BCUT2D eigenvalue weighted by Crippen LogP contribution is -2.08. The Labute approximate surface area is 103 Å². The number of aliphatic hydroxyl groups is 1. The Morgan fingerprint density at radius 3 is 2.61 bits per heavy atom. The lowest BCUT2D eigenvalue weighted by atomic mass is 10.2. The van der Waals surface area contributed by atoms with Gasteiger partial charge in [-0.1, -0.05) is 6.07 Å². The molecule has 1 aromatic carbocycles. The molecule has 2 aromatic rings. The van der Waals surface area contributed by atoms with E-state index in [2.05, 4.69) is 0 Å². The number of fused-ring (bicyclic) bond motifs is 1. The number of aliphatic hydroxyl groups excluding tert-OH is 1. The third kappa shape index (κ3) is 3.04. The van der Waals surface area contributed by atoms with Crippen LogP contribution in [0.5, 0.6) is 0 Å². The van der Waals surface area contributed by atoms with Crippen molar-refractivity contribution in [1.82, 2.24) is 4.57 Å². The smallest absolute Gasteiger partial charge is 0.389 e. The fourth-order valence-electron chi connectivity index (χ4n) is 1.99. The van der Waals surface area contributed by atoms with E-state index in [0.29, 0.717) is 6.54 Å². The second-order valence-electron chi connectivity index (χ2n) is 4.28. The maximum atomic E-state index is 12.1. The molecule has 0 aliphatic carbocycles. The summed E-state index contributed by atoms with van der Waals surface area (Å²) in [6.45, 7) is 0.316. The number of nitrogens with zero attached hydrogens (tertiary/aromatic N) is 1. The molecule has 0 amide bonds. The largest absolute Gasteiger partial charge is 0.392 e. The molecule has 2 nitrogen and oxygen atoms in total. The number of aromatic nitrogens is 1. The van der Waals surface area contributed by atoms with Crippen molar-refractivity contribution in [3.63, 3.8) is 0 Å². The summed E-state index contributed by atoms with van der Waals surface area (Å²) in [4.78, 5) is 0. The van der Waals surface area contributed by atoms with Crippen LogP contribution in [0.2, 0.25) is 0 Å². The highest BCUT2D eigenvalue weighted by atomic mass is 19.4. The van der Waals surface area contributed by atoms with Crippen LogP contribution >= 0.6 is 0 Å². The number of aryl methyl sites for hydroxylation is 1. The first-order valence-corrected chi connectivity index (χ1v) is 5.75. The minimum absolute atomic E-state index is 0.0325. The molecular formula is C13H14F3NO. The van der Waals surface area contributed by atoms with Gasteiger partial charge in [0.05, 0.1) is 6.61 Å². The van der Waals surface area contributed by atoms with Crippen LogP contribution in [0.25, 0.3) is 10.9 Å². The van der Waals surface area contributed by atoms with Gasteiger partial charge < -0.3 is 9.67 Å². The molecule has 0 spiro atoms. The lowest BCUT2D eigenvalue weighted by molar-refractivity contribution is -0.135. The van der Waals surface area contributed by atoms with Crippen LogP contribution in [0.3, 0.4) is 0 Å². The maximum Gasteiger partial charge on any atom is 0.389 e. The van der Waals surface area contributed by atoms with Crippen molar-refractivity contribution in [2.75, 3.05) is 0 Å². The van der Waals surface area contributed by atoms with Gasteiger partial charge in [-0.2, -0.15) is 13.2 Å². The van der Waals surface area contributed by atoms with E-state index in [1.165, 1.54) is 0 Å². The summed E-state index contributed by atoms with van der Waals surface area (Å²) in [7, 11) is 0. The molecule has 1 N–H and O–H groups in total. The van der Waals surface area contributed by atoms with Crippen LogP contribution < -0.4 is 0 Å². The highest BCUT2D eigenvalue weighted by Crippen LogP contribution is 2.23. The molecule has 0 unspecified atom stereocenters. The molecule has 0 aliphatic heterocycles. The predicted molar refractivity (Wildman–Crippen MR) is 63.1 cm³/mol. The molecule has 0 fully saturated rings. The summed E-state index contributed by atoms with van der Waals surface area (Å²) in [5.41, 5.74) is 1.70. The van der Waals surface area contributed by atoms with Gasteiger partial charge in [0.1, 0.15) is 0 Å². The molecule has 5 heteroatoms. The summed E-state index contributed by atoms with van der Waals surface area (Å²) < 4.78 is 38.0. The molecule has 0 saturated carbocycles. The van der Waals surface area contributed by atoms with Crippen LogP contribution in [0, 0.1) is 0 Å². The van der Waals surface area contributed by atoms with Gasteiger partial charge in [0.15, 0.2) is 0 Å². The minimum Gasteiger partial charge on any atom is -0.392 e. The standard InChI is InChI=1S/C13H14F3NO/c14-13(15,16)5-1-6-17-7-4-11-8-10(9-18)2-3-12(11)17/h2-4,7-8,18H,1,5-6,9H2. The third-order valence-electron chi connectivity index (χ3n) is 2.88. The molecule has 0 aliphatic rings. The first-order valence-electron chi connectivity index (χ1n) is 5.75. The van der Waals surface area contributed by atoms with Gasteiger partial charge in [0, 0.05) is 24.7 Å². The van der Waals surface area contributed by atoms with Crippen LogP contribution in [0.4, 0.5) is 13.2 Å². The number of hydrogen-bond donors (Lipinski definition) is 1. The highest BCUT2D eigenvalue weighted by Gasteiger charge is 2.26. The number of hydrogen-bond acceptors (Lipinski definition) is 1. The van der Waals surface area contributed by atoms with Crippen molar-refractivity contribution >= 4 is 10.9 Å². The number of alkyl halides is 3. The Balaban J connectivity index is 2.10. The summed E-state index contributed by atoms with van der Waals surface area (Å²) >= 11 is 0. The number of halogens is 3. The van der Waals surface area contributed by atoms with E-state index in [4.69, 9.17) is 5.11 Å². The zero-order valence-corrected chi connectivity index (χ0v) is 9.74. The maximum absolute atomic E-state index is 12.1. The van der Waals surface area contributed by atoms with E-state index < -0.39 is 12.6 Å². The van der Waals surface area contributed by atoms with Crippen LogP contribution in [-0.4, -0.2) is 15.8 Å². The van der Waals surface area contributed by atoms with Crippen LogP contribution in [0.1, 0.15) is 18.4 Å². The highest BCUT2D eigenvalue weighted by molar-refractivity contribution is 5.80. The molecule has 2 rings (SSSR count). The van der Waals surface area contributed by atoms with Crippen molar-refractivity contribution in [3.8, 4) is 0 Å². The zero-order valence-electron chi connectivity index (χ0n) is 9.74. The topological polar surface area (TPSA) is 25.2 Å². The summed E-state index contributed by atoms with van der Waals surface area (Å²) in [6, 6.07) is 7.30. The van der Waals surface area contributed by atoms with E-state index >= 15 is 0 Å². The van der Waals surface area contributed by atoms with Gasteiger partial charge in [-0.05, 0) is 35.6 Å². The van der Waals surface area contributed by atoms with Gasteiger partial charge in [0.2, 0.25) is 0 Å². The number of benzene rings is 1. The quantitative estimate of drug-likeness (QED) is 0.891. The summed E-state index contributed by atoms with van der Waals surface area (Å²) in [6.07, 6.45) is -2.99. The fraction of sp³-hybridized carbons (Fsp3) is 0.385. The second-order valence-corrected chi connectivity index (χ2v) is 4.28. The Hall–Kier alpha value is -1.49. The Morgan fingerprint density at radius 1 is 1.17 bits per heavy atom. The Bertz CT molecular complexity index is 531. The van der Waals surface area contributed by atoms with Gasteiger partial charge >= 0.3 is 6.18 Å². The molecule has 18 heavy (non-hydrogen) atoms. The van der Waals surface area contributed by atoms with Crippen molar-refractivity contribution in [1.29, 1.82) is 0 Å². The van der Waals surface area contributed by atoms with E-state index in [-0.39, 0.29) is 13.0 Å². The van der Waals surface area contributed by atoms with E-state index in [1.54, 1.807) is 12.3 Å². The molecule has 0 bridgehead atoms. The Morgan fingerprint density at radius 2 is 1.94 bits per heavy atom. The number of rotatable bonds is 4. The summed E-state index contributed by atoms with van der Waals surface area (Å²) in [5.74, 6) is 0. The molecule has 0 atom stereocenters. The predicted octanol–water partition coefficient (Wildman–Crippen LogP) is 3.48. The molecule has 1 aromatic heterocycles. The van der Waals surface area contributed by atoms with Gasteiger partial charge in [-0.25, -0.2) is 0 Å². The Kier molecular flexibility index (Phi) is 3.61. The second kappa shape index (κ2) is 5.02. The van der Waals surface area contributed by atoms with Crippen molar-refractivity contribution < 1.29 is 18.3 Å². The first kappa shape index (κ1) is 13.0. The van der Waals surface area contributed by atoms with Crippen molar-refractivity contribution in [2.45, 2.75) is 32.2 Å². The minimum atomic E-state index is -4.09. The van der Waals surface area contributed by atoms with E-state index in [1.807, 2.05) is 22.8 Å².